The molecule has 0 spiro atoms. The largest absolute Gasteiger partial charge is 0.379 e. The van der Waals surface area contributed by atoms with Gasteiger partial charge >= 0.3 is 10.1 Å². The average Bonchev–Trinajstić information content (AvgIpc) is 2.50. The molecule has 0 radical (unpaired) electrons. The zero-order valence-electron chi connectivity index (χ0n) is 11.1. The summed E-state index contributed by atoms with van der Waals surface area (Å²) >= 11 is 5.71. The van der Waals surface area contributed by atoms with Crippen molar-refractivity contribution in [2.75, 3.05) is 0 Å². The van der Waals surface area contributed by atoms with E-state index in [1.807, 2.05) is 6.07 Å². The van der Waals surface area contributed by atoms with E-state index in [0.717, 1.165) is 0 Å². The predicted octanol–water partition coefficient (Wildman–Crippen LogP) is 2.91. The Kier molecular flexibility index (Phi) is 4.81. The van der Waals surface area contributed by atoms with Crippen molar-refractivity contribution in [3.63, 3.8) is 0 Å². The van der Waals surface area contributed by atoms with Crippen molar-refractivity contribution in [3.8, 4) is 11.8 Å². The van der Waals surface area contributed by atoms with E-state index in [-0.39, 0.29) is 10.6 Å². The summed E-state index contributed by atoms with van der Waals surface area (Å²) < 4.78 is 29.1. The normalized spacial score (nSPS) is 12.2. The summed E-state index contributed by atoms with van der Waals surface area (Å²) in [6.45, 7) is 0. The molecule has 0 fully saturated rings. The number of benzene rings is 2. The number of nitriles is 1. The van der Waals surface area contributed by atoms with Crippen LogP contribution in [0.1, 0.15) is 11.5 Å². The lowest BCUT2D eigenvalue weighted by atomic mass is 10.0. The maximum absolute atomic E-state index is 12.1. The molecule has 1 unspecified atom stereocenters. The summed E-state index contributed by atoms with van der Waals surface area (Å²) in [6, 6.07) is 13.1. The van der Waals surface area contributed by atoms with Crippen molar-refractivity contribution >= 4 is 28.0 Å². The standard InChI is InChI=1S/C15H10ClNO4S/c16-13-3-7-15(8-4-13)22(19,20)21-14-5-1-11(2-6-14)12(9-17)10-18/h1-8,10,12H. The maximum Gasteiger partial charge on any atom is 0.339 e. The second-order valence-electron chi connectivity index (χ2n) is 4.30. The Hall–Kier alpha value is -2.36. The van der Waals surface area contributed by atoms with E-state index in [0.29, 0.717) is 16.9 Å². The Morgan fingerprint density at radius 2 is 1.68 bits per heavy atom. The molecule has 2 rings (SSSR count). The Labute approximate surface area is 132 Å². The third-order valence-corrected chi connectivity index (χ3v) is 4.34. The van der Waals surface area contributed by atoms with Crippen molar-refractivity contribution in [1.82, 2.24) is 0 Å². The van der Waals surface area contributed by atoms with E-state index in [1.165, 1.54) is 48.5 Å². The second kappa shape index (κ2) is 6.60. The number of carbonyl (C=O) groups is 1. The maximum atomic E-state index is 12.1. The SMILES string of the molecule is N#CC(C=O)c1ccc(OS(=O)(=O)c2ccc(Cl)cc2)cc1. The van der Waals surface area contributed by atoms with Gasteiger partial charge in [-0.05, 0) is 42.0 Å². The third kappa shape index (κ3) is 3.64. The van der Waals surface area contributed by atoms with Crippen molar-refractivity contribution in [2.24, 2.45) is 0 Å². The first kappa shape index (κ1) is 16.0. The first-order valence-corrected chi connectivity index (χ1v) is 7.90. The highest BCUT2D eigenvalue weighted by Crippen LogP contribution is 2.22. The smallest absolute Gasteiger partial charge is 0.339 e. The fourth-order valence-corrected chi connectivity index (χ4v) is 2.75. The Balaban J connectivity index is 2.22. The van der Waals surface area contributed by atoms with Crippen LogP contribution < -0.4 is 4.18 Å². The minimum Gasteiger partial charge on any atom is -0.379 e. The number of hydrogen-bond acceptors (Lipinski definition) is 5. The van der Waals surface area contributed by atoms with Gasteiger partial charge in [0.05, 0.1) is 6.07 Å². The molecule has 0 heterocycles. The zero-order valence-corrected chi connectivity index (χ0v) is 12.7. The molecule has 5 nitrogen and oxygen atoms in total. The lowest BCUT2D eigenvalue weighted by molar-refractivity contribution is -0.108. The number of carbonyl (C=O) groups excluding carboxylic acids is 1. The molecule has 1 atom stereocenters. The van der Waals surface area contributed by atoms with Gasteiger partial charge in [-0.2, -0.15) is 13.7 Å². The van der Waals surface area contributed by atoms with Gasteiger partial charge in [-0.1, -0.05) is 23.7 Å². The van der Waals surface area contributed by atoms with Gasteiger partial charge < -0.3 is 8.98 Å². The molecule has 0 aliphatic heterocycles. The number of rotatable bonds is 5. The highest BCUT2D eigenvalue weighted by Gasteiger charge is 2.17. The quantitative estimate of drug-likeness (QED) is 0.619. The Morgan fingerprint density at radius 1 is 1.09 bits per heavy atom. The minimum absolute atomic E-state index is 0.0243. The molecule has 7 heteroatoms. The molecule has 0 bridgehead atoms. The molecule has 0 saturated heterocycles. The number of nitrogens with zero attached hydrogens (tertiary/aromatic N) is 1. The van der Waals surface area contributed by atoms with Crippen LogP contribution in [0.4, 0.5) is 0 Å². The number of halogens is 1. The van der Waals surface area contributed by atoms with Gasteiger partial charge in [0.1, 0.15) is 22.8 Å². The van der Waals surface area contributed by atoms with Gasteiger partial charge in [0.15, 0.2) is 0 Å². The Bertz CT molecular complexity index is 808. The van der Waals surface area contributed by atoms with E-state index in [1.54, 1.807) is 0 Å². The second-order valence-corrected chi connectivity index (χ2v) is 6.29. The molecular formula is C15H10ClNO4S. The predicted molar refractivity (Wildman–Crippen MR) is 80.1 cm³/mol. The minimum atomic E-state index is -3.97. The van der Waals surface area contributed by atoms with Crippen LogP contribution in [0.5, 0.6) is 5.75 Å². The van der Waals surface area contributed by atoms with Gasteiger partial charge in [0, 0.05) is 5.02 Å². The monoisotopic (exact) mass is 335 g/mol. The molecule has 0 saturated carbocycles. The highest BCUT2D eigenvalue weighted by atomic mass is 35.5. The van der Waals surface area contributed by atoms with Crippen LogP contribution in [0.15, 0.2) is 53.4 Å². The molecule has 112 valence electrons. The lowest BCUT2D eigenvalue weighted by Gasteiger charge is -2.08. The summed E-state index contributed by atoms with van der Waals surface area (Å²) in [5.74, 6) is -0.803. The van der Waals surface area contributed by atoms with Gasteiger partial charge in [-0.3, -0.25) is 0 Å². The Morgan fingerprint density at radius 3 is 2.18 bits per heavy atom. The average molecular weight is 336 g/mol. The lowest BCUT2D eigenvalue weighted by Crippen LogP contribution is -2.09. The van der Waals surface area contributed by atoms with E-state index >= 15 is 0 Å². The van der Waals surface area contributed by atoms with Crippen LogP contribution in [0, 0.1) is 11.3 Å². The fourth-order valence-electron chi connectivity index (χ4n) is 1.69. The van der Waals surface area contributed by atoms with E-state index in [9.17, 15) is 13.2 Å². The molecular weight excluding hydrogens is 326 g/mol. The number of hydrogen-bond donors (Lipinski definition) is 0. The van der Waals surface area contributed by atoms with Gasteiger partial charge in [-0.25, -0.2) is 0 Å². The van der Waals surface area contributed by atoms with E-state index in [4.69, 9.17) is 21.0 Å². The van der Waals surface area contributed by atoms with Crippen molar-refractivity contribution < 1.29 is 17.4 Å². The first-order chi connectivity index (χ1) is 10.5. The van der Waals surface area contributed by atoms with Gasteiger partial charge in [0.2, 0.25) is 0 Å². The summed E-state index contributed by atoms with van der Waals surface area (Å²) in [7, 11) is -3.97. The molecule has 2 aromatic carbocycles. The molecule has 0 aliphatic carbocycles. The molecule has 22 heavy (non-hydrogen) atoms. The summed E-state index contributed by atoms with van der Waals surface area (Å²) in [4.78, 5) is 10.7. The van der Waals surface area contributed by atoms with Crippen LogP contribution in [0.3, 0.4) is 0 Å². The zero-order chi connectivity index (χ0) is 16.2. The topological polar surface area (TPSA) is 84.2 Å². The molecule has 0 aromatic heterocycles. The molecule has 2 aromatic rings. The summed E-state index contributed by atoms with van der Waals surface area (Å²) in [6.07, 6.45) is 0.514. The van der Waals surface area contributed by atoms with E-state index < -0.39 is 16.0 Å². The van der Waals surface area contributed by atoms with Crippen molar-refractivity contribution in [1.29, 1.82) is 5.26 Å². The van der Waals surface area contributed by atoms with Crippen LogP contribution >= 0.6 is 11.6 Å². The van der Waals surface area contributed by atoms with Crippen LogP contribution in [-0.4, -0.2) is 14.7 Å². The first-order valence-electron chi connectivity index (χ1n) is 6.11. The number of aldehydes is 1. The van der Waals surface area contributed by atoms with Crippen LogP contribution in [-0.2, 0) is 14.9 Å². The van der Waals surface area contributed by atoms with Gasteiger partial charge in [-0.15, -0.1) is 0 Å². The van der Waals surface area contributed by atoms with Crippen molar-refractivity contribution in [3.05, 3.63) is 59.1 Å². The fraction of sp³-hybridized carbons (Fsp3) is 0.0667. The van der Waals surface area contributed by atoms with Gasteiger partial charge in [0.25, 0.3) is 0 Å². The summed E-state index contributed by atoms with van der Waals surface area (Å²) in [5.41, 5.74) is 0.466. The van der Waals surface area contributed by atoms with Crippen LogP contribution in [0.25, 0.3) is 0 Å². The third-order valence-electron chi connectivity index (χ3n) is 2.82. The van der Waals surface area contributed by atoms with E-state index in [2.05, 4.69) is 0 Å². The van der Waals surface area contributed by atoms with Crippen LogP contribution in [0.2, 0.25) is 5.02 Å². The molecule has 0 amide bonds. The molecule has 0 aliphatic rings. The highest BCUT2D eigenvalue weighted by molar-refractivity contribution is 7.87. The summed E-state index contributed by atoms with van der Waals surface area (Å²) in [5, 5.41) is 9.20. The van der Waals surface area contributed by atoms with Crippen molar-refractivity contribution in [2.45, 2.75) is 10.8 Å². The molecule has 0 N–H and O–H groups in total.